The summed E-state index contributed by atoms with van der Waals surface area (Å²) in [6.45, 7) is 0. The summed E-state index contributed by atoms with van der Waals surface area (Å²) >= 11 is 3.37. The molecule has 0 aliphatic rings. The van der Waals surface area contributed by atoms with Gasteiger partial charge in [0, 0.05) is 16.7 Å². The van der Waals surface area contributed by atoms with Crippen LogP contribution in [0.15, 0.2) is 77.4 Å². The van der Waals surface area contributed by atoms with Crippen LogP contribution in [0.2, 0.25) is 0 Å². The number of carbonyl (C=O) groups is 2. The Labute approximate surface area is 170 Å². The smallest absolute Gasteiger partial charge is 0.333 e. The average Bonchev–Trinajstić information content (AvgIpc) is 2.72. The zero-order chi connectivity index (χ0) is 19.9. The Hall–Kier alpha value is -3.19. The molecule has 1 N–H and O–H groups in total. The molecule has 7 heteroatoms. The highest BCUT2D eigenvalue weighted by Gasteiger charge is 2.24. The van der Waals surface area contributed by atoms with E-state index in [1.165, 1.54) is 13.3 Å². The maximum absolute atomic E-state index is 12.6. The van der Waals surface area contributed by atoms with Gasteiger partial charge in [-0.1, -0.05) is 52.3 Å². The standard InChI is InChI=1S/C21H17BrN2O4/c1-27-21(26)19(14-6-3-2-4-7-14)24-20(25)15-10-11-18(23-13-15)28-17-9-5-8-16(22)12-17/h2-13,19H,1H3,(H,24,25). The molecule has 1 unspecified atom stereocenters. The van der Waals surface area contributed by atoms with E-state index in [4.69, 9.17) is 9.47 Å². The van der Waals surface area contributed by atoms with Gasteiger partial charge in [0.05, 0.1) is 12.7 Å². The van der Waals surface area contributed by atoms with E-state index >= 15 is 0 Å². The van der Waals surface area contributed by atoms with Crippen molar-refractivity contribution in [2.45, 2.75) is 6.04 Å². The van der Waals surface area contributed by atoms with Crippen molar-refractivity contribution >= 4 is 27.8 Å². The van der Waals surface area contributed by atoms with E-state index < -0.39 is 17.9 Å². The number of rotatable bonds is 6. The Kier molecular flexibility index (Phi) is 6.39. The van der Waals surface area contributed by atoms with E-state index in [2.05, 4.69) is 26.2 Å². The number of nitrogens with zero attached hydrogens (tertiary/aromatic N) is 1. The van der Waals surface area contributed by atoms with Crippen LogP contribution < -0.4 is 10.1 Å². The van der Waals surface area contributed by atoms with Crippen LogP contribution in [0.5, 0.6) is 11.6 Å². The predicted octanol–water partition coefficient (Wildman–Crippen LogP) is 4.28. The lowest BCUT2D eigenvalue weighted by molar-refractivity contribution is -0.143. The van der Waals surface area contributed by atoms with Crippen molar-refractivity contribution < 1.29 is 19.1 Å². The molecule has 28 heavy (non-hydrogen) atoms. The van der Waals surface area contributed by atoms with Gasteiger partial charge < -0.3 is 14.8 Å². The normalized spacial score (nSPS) is 11.4. The summed E-state index contributed by atoms with van der Waals surface area (Å²) in [6.07, 6.45) is 1.39. The van der Waals surface area contributed by atoms with Crippen LogP contribution in [-0.4, -0.2) is 24.0 Å². The molecule has 2 aromatic carbocycles. The van der Waals surface area contributed by atoms with Crippen molar-refractivity contribution in [2.24, 2.45) is 0 Å². The largest absolute Gasteiger partial charge is 0.467 e. The molecule has 142 valence electrons. The van der Waals surface area contributed by atoms with E-state index in [0.29, 0.717) is 22.8 Å². The number of nitrogens with one attached hydrogen (secondary N) is 1. The summed E-state index contributed by atoms with van der Waals surface area (Å²) in [4.78, 5) is 28.8. The van der Waals surface area contributed by atoms with E-state index in [1.54, 1.807) is 42.5 Å². The third-order valence-corrected chi connectivity index (χ3v) is 4.36. The maximum atomic E-state index is 12.6. The molecule has 0 saturated heterocycles. The molecule has 3 rings (SSSR count). The van der Waals surface area contributed by atoms with Crippen molar-refractivity contribution in [3.63, 3.8) is 0 Å². The summed E-state index contributed by atoms with van der Waals surface area (Å²) in [6, 6.07) is 18.5. The summed E-state index contributed by atoms with van der Waals surface area (Å²) in [5, 5.41) is 2.68. The third-order valence-electron chi connectivity index (χ3n) is 3.86. The number of benzene rings is 2. The predicted molar refractivity (Wildman–Crippen MR) is 107 cm³/mol. The number of aromatic nitrogens is 1. The number of halogens is 1. The lowest BCUT2D eigenvalue weighted by Gasteiger charge is -2.17. The summed E-state index contributed by atoms with van der Waals surface area (Å²) in [5.41, 5.74) is 0.927. The zero-order valence-corrected chi connectivity index (χ0v) is 16.5. The van der Waals surface area contributed by atoms with Crippen LogP contribution in [0.1, 0.15) is 22.0 Å². The van der Waals surface area contributed by atoms with Gasteiger partial charge in [-0.15, -0.1) is 0 Å². The second-order valence-electron chi connectivity index (χ2n) is 5.78. The van der Waals surface area contributed by atoms with E-state index in [-0.39, 0.29) is 0 Å². The van der Waals surface area contributed by atoms with Crippen LogP contribution in [0.3, 0.4) is 0 Å². The van der Waals surface area contributed by atoms with E-state index in [9.17, 15) is 9.59 Å². The van der Waals surface area contributed by atoms with Crippen LogP contribution in [0.25, 0.3) is 0 Å². The quantitative estimate of drug-likeness (QED) is 0.578. The second kappa shape index (κ2) is 9.14. The van der Waals surface area contributed by atoms with Gasteiger partial charge in [0.2, 0.25) is 5.88 Å². The fourth-order valence-corrected chi connectivity index (χ4v) is 2.86. The zero-order valence-electron chi connectivity index (χ0n) is 15.0. The Balaban J connectivity index is 1.72. The first-order chi connectivity index (χ1) is 13.6. The van der Waals surface area contributed by atoms with Crippen molar-refractivity contribution in [1.82, 2.24) is 10.3 Å². The van der Waals surface area contributed by atoms with Crippen molar-refractivity contribution in [3.05, 3.63) is 88.5 Å². The summed E-state index contributed by atoms with van der Waals surface area (Å²) in [5.74, 6) is -0.0287. The van der Waals surface area contributed by atoms with E-state index in [1.807, 2.05) is 24.3 Å². The van der Waals surface area contributed by atoms with E-state index in [0.717, 1.165) is 4.47 Å². The Morgan fingerprint density at radius 3 is 2.46 bits per heavy atom. The maximum Gasteiger partial charge on any atom is 0.333 e. The van der Waals surface area contributed by atoms with Crippen molar-refractivity contribution in [1.29, 1.82) is 0 Å². The monoisotopic (exact) mass is 440 g/mol. The number of carbonyl (C=O) groups excluding carboxylic acids is 2. The molecule has 0 spiro atoms. The highest BCUT2D eigenvalue weighted by atomic mass is 79.9. The molecular weight excluding hydrogens is 424 g/mol. The van der Waals surface area contributed by atoms with Crippen molar-refractivity contribution in [3.8, 4) is 11.6 Å². The molecule has 0 aliphatic carbocycles. The lowest BCUT2D eigenvalue weighted by Crippen LogP contribution is -2.34. The molecule has 6 nitrogen and oxygen atoms in total. The SMILES string of the molecule is COC(=O)C(NC(=O)c1ccc(Oc2cccc(Br)c2)nc1)c1ccccc1. The average molecular weight is 441 g/mol. The number of amides is 1. The summed E-state index contributed by atoms with van der Waals surface area (Å²) < 4.78 is 11.3. The molecule has 0 aliphatic heterocycles. The molecule has 0 fully saturated rings. The first kappa shape index (κ1) is 19.6. The molecule has 0 bridgehead atoms. The highest BCUT2D eigenvalue weighted by Crippen LogP contribution is 2.23. The number of hydrogen-bond donors (Lipinski definition) is 1. The van der Waals surface area contributed by atoms with Crippen LogP contribution in [-0.2, 0) is 9.53 Å². The Bertz CT molecular complexity index is 962. The molecule has 1 atom stereocenters. The van der Waals surface area contributed by atoms with Gasteiger partial charge in [-0.05, 0) is 29.8 Å². The van der Waals surface area contributed by atoms with Gasteiger partial charge in [-0.25, -0.2) is 9.78 Å². The van der Waals surface area contributed by atoms with Crippen LogP contribution in [0, 0.1) is 0 Å². The molecule has 1 aromatic heterocycles. The fourth-order valence-electron chi connectivity index (χ4n) is 2.48. The van der Waals surface area contributed by atoms with Gasteiger partial charge in [-0.3, -0.25) is 4.79 Å². The molecule has 3 aromatic rings. The van der Waals surface area contributed by atoms with Crippen LogP contribution in [0.4, 0.5) is 0 Å². The minimum absolute atomic E-state index is 0.298. The van der Waals surface area contributed by atoms with Crippen molar-refractivity contribution in [2.75, 3.05) is 7.11 Å². The molecule has 1 heterocycles. The highest BCUT2D eigenvalue weighted by molar-refractivity contribution is 9.10. The fraction of sp³-hybridized carbons (Fsp3) is 0.0952. The lowest BCUT2D eigenvalue weighted by atomic mass is 10.1. The molecule has 1 amide bonds. The molecule has 0 radical (unpaired) electrons. The topological polar surface area (TPSA) is 77.5 Å². The van der Waals surface area contributed by atoms with Gasteiger partial charge in [0.15, 0.2) is 6.04 Å². The van der Waals surface area contributed by atoms with Gasteiger partial charge in [0.1, 0.15) is 5.75 Å². The van der Waals surface area contributed by atoms with Gasteiger partial charge in [0.25, 0.3) is 5.91 Å². The number of esters is 1. The second-order valence-corrected chi connectivity index (χ2v) is 6.70. The van der Waals surface area contributed by atoms with Gasteiger partial charge in [-0.2, -0.15) is 0 Å². The number of methoxy groups -OCH3 is 1. The molecular formula is C21H17BrN2O4. The Morgan fingerprint density at radius 1 is 1.04 bits per heavy atom. The van der Waals surface area contributed by atoms with Gasteiger partial charge >= 0.3 is 5.97 Å². The first-order valence-corrected chi connectivity index (χ1v) is 9.19. The number of hydrogen-bond acceptors (Lipinski definition) is 5. The summed E-state index contributed by atoms with van der Waals surface area (Å²) in [7, 11) is 1.28. The molecule has 0 saturated carbocycles. The Morgan fingerprint density at radius 2 is 1.82 bits per heavy atom. The minimum atomic E-state index is -0.906. The minimum Gasteiger partial charge on any atom is -0.467 e. The van der Waals surface area contributed by atoms with Crippen LogP contribution >= 0.6 is 15.9 Å². The number of ether oxygens (including phenoxy) is 2. The first-order valence-electron chi connectivity index (χ1n) is 8.40. The third kappa shape index (κ3) is 4.95. The number of pyridine rings is 1.